The van der Waals surface area contributed by atoms with E-state index in [9.17, 15) is 4.79 Å². The first-order chi connectivity index (χ1) is 6.18. The summed E-state index contributed by atoms with van der Waals surface area (Å²) in [4.78, 5) is 13.2. The van der Waals surface area contributed by atoms with Crippen molar-refractivity contribution in [2.45, 2.75) is 51.7 Å². The molecule has 0 saturated heterocycles. The van der Waals surface area contributed by atoms with Crippen LogP contribution in [0.5, 0.6) is 0 Å². The first kappa shape index (κ1) is 13.4. The lowest BCUT2D eigenvalue weighted by molar-refractivity contribution is -0.123. The van der Waals surface area contributed by atoms with Gasteiger partial charge in [-0.1, -0.05) is 0 Å². The maximum atomic E-state index is 11.0. The van der Waals surface area contributed by atoms with Crippen molar-refractivity contribution >= 4 is 5.91 Å². The zero-order chi connectivity index (χ0) is 11.5. The molecule has 0 aromatic heterocycles. The molecule has 0 radical (unpaired) electrons. The second-order valence-corrected chi connectivity index (χ2v) is 4.59. The summed E-state index contributed by atoms with van der Waals surface area (Å²) in [6.07, 6.45) is 0.580. The number of carbonyl (C=O) groups is 1. The molecule has 0 rings (SSSR count). The molecule has 0 spiro atoms. The second kappa shape index (κ2) is 4.75. The Morgan fingerprint density at radius 2 is 1.86 bits per heavy atom. The molecule has 2 unspecified atom stereocenters. The van der Waals surface area contributed by atoms with Crippen molar-refractivity contribution in [3.63, 3.8) is 0 Å². The average molecular weight is 201 g/mol. The molecule has 0 aromatic carbocycles. The van der Waals surface area contributed by atoms with Crippen LogP contribution in [-0.4, -0.2) is 35.5 Å². The zero-order valence-corrected chi connectivity index (χ0v) is 9.87. The van der Waals surface area contributed by atoms with Gasteiger partial charge in [0.2, 0.25) is 5.91 Å². The van der Waals surface area contributed by atoms with E-state index in [1.54, 1.807) is 6.92 Å². The van der Waals surface area contributed by atoms with Crippen LogP contribution in [0.2, 0.25) is 0 Å². The number of amides is 1. The highest BCUT2D eigenvalue weighted by Crippen LogP contribution is 2.14. The lowest BCUT2D eigenvalue weighted by Crippen LogP contribution is -2.53. The molecule has 4 N–H and O–H groups in total. The van der Waals surface area contributed by atoms with E-state index in [1.807, 2.05) is 14.0 Å². The summed E-state index contributed by atoms with van der Waals surface area (Å²) in [5.74, 6) is -0.443. The molecular weight excluding hydrogens is 178 g/mol. The zero-order valence-electron chi connectivity index (χ0n) is 9.87. The van der Waals surface area contributed by atoms with Gasteiger partial charge in [0, 0.05) is 12.1 Å². The summed E-state index contributed by atoms with van der Waals surface area (Å²) in [6, 6.07) is 0.686. The Balaban J connectivity index is 4.31. The van der Waals surface area contributed by atoms with E-state index >= 15 is 0 Å². The van der Waals surface area contributed by atoms with E-state index < -0.39 is 11.4 Å². The number of hydrogen-bond donors (Lipinski definition) is 2. The maximum absolute atomic E-state index is 11.0. The minimum atomic E-state index is -0.914. The van der Waals surface area contributed by atoms with Crippen molar-refractivity contribution in [2.75, 3.05) is 7.05 Å². The van der Waals surface area contributed by atoms with Gasteiger partial charge in [-0.15, -0.1) is 0 Å². The van der Waals surface area contributed by atoms with Crippen molar-refractivity contribution < 1.29 is 4.79 Å². The molecule has 84 valence electrons. The Morgan fingerprint density at radius 3 is 2.14 bits per heavy atom. The third-order valence-corrected chi connectivity index (χ3v) is 2.79. The van der Waals surface area contributed by atoms with E-state index in [0.29, 0.717) is 12.5 Å². The van der Waals surface area contributed by atoms with Crippen LogP contribution in [0.1, 0.15) is 34.1 Å². The Morgan fingerprint density at radius 1 is 1.43 bits per heavy atom. The molecule has 2 atom stereocenters. The van der Waals surface area contributed by atoms with Crippen LogP contribution in [-0.2, 0) is 4.79 Å². The molecule has 4 heteroatoms. The Kier molecular flexibility index (Phi) is 4.55. The second-order valence-electron chi connectivity index (χ2n) is 4.59. The highest BCUT2D eigenvalue weighted by atomic mass is 16.1. The quantitative estimate of drug-likeness (QED) is 0.672. The minimum absolute atomic E-state index is 0.248. The number of rotatable bonds is 5. The standard InChI is InChI=1S/C10H23N3O/c1-7(2)13(5)8(3)6-10(4,12)9(11)14/h7-8H,6,12H2,1-5H3,(H2,11,14). The molecule has 0 fully saturated rings. The fraction of sp³-hybridized carbons (Fsp3) is 0.900. The van der Waals surface area contributed by atoms with E-state index in [1.165, 1.54) is 0 Å². The lowest BCUT2D eigenvalue weighted by atomic mass is 9.93. The number of primary amides is 1. The molecular formula is C10H23N3O. The number of hydrogen-bond acceptors (Lipinski definition) is 3. The maximum Gasteiger partial charge on any atom is 0.237 e. The molecule has 0 saturated carbocycles. The van der Waals surface area contributed by atoms with Crippen LogP contribution in [0.3, 0.4) is 0 Å². The van der Waals surface area contributed by atoms with Gasteiger partial charge < -0.3 is 16.4 Å². The Labute approximate surface area is 86.6 Å². The molecule has 4 nitrogen and oxygen atoms in total. The summed E-state index contributed by atoms with van der Waals surface area (Å²) in [5, 5.41) is 0. The molecule has 0 bridgehead atoms. The summed E-state index contributed by atoms with van der Waals surface area (Å²) >= 11 is 0. The summed E-state index contributed by atoms with van der Waals surface area (Å²) in [7, 11) is 2.02. The number of carbonyl (C=O) groups excluding carboxylic acids is 1. The average Bonchev–Trinajstić information content (AvgIpc) is 2.01. The van der Waals surface area contributed by atoms with Crippen molar-refractivity contribution in [1.29, 1.82) is 0 Å². The number of nitrogens with two attached hydrogens (primary N) is 2. The van der Waals surface area contributed by atoms with Crippen LogP contribution in [0.4, 0.5) is 0 Å². The van der Waals surface area contributed by atoms with Gasteiger partial charge in [-0.2, -0.15) is 0 Å². The molecule has 0 heterocycles. The predicted octanol–water partition coefficient (Wildman–Crippen LogP) is 0.308. The smallest absolute Gasteiger partial charge is 0.237 e. The molecule has 0 aliphatic carbocycles. The van der Waals surface area contributed by atoms with Gasteiger partial charge in [-0.05, 0) is 41.2 Å². The molecule has 1 amide bonds. The van der Waals surface area contributed by atoms with Gasteiger partial charge in [-0.3, -0.25) is 4.79 Å². The third-order valence-electron chi connectivity index (χ3n) is 2.79. The van der Waals surface area contributed by atoms with Crippen LogP contribution in [0.15, 0.2) is 0 Å². The fourth-order valence-electron chi connectivity index (χ4n) is 1.37. The highest BCUT2D eigenvalue weighted by molar-refractivity contribution is 5.83. The van der Waals surface area contributed by atoms with Crippen LogP contribution >= 0.6 is 0 Å². The highest BCUT2D eigenvalue weighted by Gasteiger charge is 2.29. The largest absolute Gasteiger partial charge is 0.368 e. The van der Waals surface area contributed by atoms with Gasteiger partial charge in [0.05, 0.1) is 5.54 Å². The Hall–Kier alpha value is -0.610. The van der Waals surface area contributed by atoms with Crippen LogP contribution in [0.25, 0.3) is 0 Å². The van der Waals surface area contributed by atoms with E-state index in [0.717, 1.165) is 0 Å². The van der Waals surface area contributed by atoms with Gasteiger partial charge in [-0.25, -0.2) is 0 Å². The lowest BCUT2D eigenvalue weighted by Gasteiger charge is -2.33. The predicted molar refractivity (Wildman–Crippen MR) is 58.8 cm³/mol. The van der Waals surface area contributed by atoms with Gasteiger partial charge in [0.25, 0.3) is 0 Å². The minimum Gasteiger partial charge on any atom is -0.368 e. The third kappa shape index (κ3) is 3.64. The van der Waals surface area contributed by atoms with E-state index in [2.05, 4.69) is 18.7 Å². The first-order valence-corrected chi connectivity index (χ1v) is 4.99. The van der Waals surface area contributed by atoms with E-state index in [-0.39, 0.29) is 6.04 Å². The van der Waals surface area contributed by atoms with Gasteiger partial charge in [0.1, 0.15) is 0 Å². The summed E-state index contributed by atoms with van der Waals surface area (Å²) in [5.41, 5.74) is 10.1. The van der Waals surface area contributed by atoms with Crippen molar-refractivity contribution in [3.05, 3.63) is 0 Å². The summed E-state index contributed by atoms with van der Waals surface area (Å²) < 4.78 is 0. The first-order valence-electron chi connectivity index (χ1n) is 4.99. The van der Waals surface area contributed by atoms with Crippen molar-refractivity contribution in [1.82, 2.24) is 4.90 Å². The molecule has 0 aromatic rings. The van der Waals surface area contributed by atoms with Gasteiger partial charge in [0.15, 0.2) is 0 Å². The van der Waals surface area contributed by atoms with E-state index in [4.69, 9.17) is 11.5 Å². The molecule has 14 heavy (non-hydrogen) atoms. The van der Waals surface area contributed by atoms with Crippen LogP contribution in [0, 0.1) is 0 Å². The van der Waals surface area contributed by atoms with Crippen molar-refractivity contribution in [2.24, 2.45) is 11.5 Å². The number of nitrogens with zero attached hydrogens (tertiary/aromatic N) is 1. The topological polar surface area (TPSA) is 72.3 Å². The Bertz CT molecular complexity index is 202. The summed E-state index contributed by atoms with van der Waals surface area (Å²) in [6.45, 7) is 7.94. The van der Waals surface area contributed by atoms with Crippen LogP contribution < -0.4 is 11.5 Å². The normalized spacial score (nSPS) is 18.3. The molecule has 0 aliphatic heterocycles. The SMILES string of the molecule is CC(C)N(C)C(C)CC(C)(N)C(N)=O. The van der Waals surface area contributed by atoms with Gasteiger partial charge >= 0.3 is 0 Å². The molecule has 0 aliphatic rings. The van der Waals surface area contributed by atoms with Crippen molar-refractivity contribution in [3.8, 4) is 0 Å². The monoisotopic (exact) mass is 201 g/mol. The fourth-order valence-corrected chi connectivity index (χ4v) is 1.37.